The van der Waals surface area contributed by atoms with Crippen LogP contribution in [0.15, 0.2) is 29.2 Å². The van der Waals surface area contributed by atoms with E-state index in [4.69, 9.17) is 0 Å². The summed E-state index contributed by atoms with van der Waals surface area (Å²) in [7, 11) is -1.13. The quantitative estimate of drug-likeness (QED) is 0.759. The van der Waals surface area contributed by atoms with Gasteiger partial charge in [0.25, 0.3) is 0 Å². The Bertz CT molecular complexity index is 365. The van der Waals surface area contributed by atoms with Crippen LogP contribution in [0.3, 0.4) is 0 Å². The summed E-state index contributed by atoms with van der Waals surface area (Å²) in [5, 5.41) is 0. The second-order valence-corrected chi connectivity index (χ2v) is 5.27. The van der Waals surface area contributed by atoms with Crippen LogP contribution in [0.4, 0.5) is 4.39 Å². The Hall–Kier alpha value is -0.740. The first kappa shape index (κ1) is 10.8. The molecule has 0 spiro atoms. The summed E-state index contributed by atoms with van der Waals surface area (Å²) < 4.78 is 26.7. The molecule has 2 atom stereocenters. The zero-order chi connectivity index (χ0) is 10.8. The fourth-order valence-electron chi connectivity index (χ4n) is 1.84. The van der Waals surface area contributed by atoms with Crippen LogP contribution >= 0.6 is 0 Å². The monoisotopic (exact) mass is 227 g/mol. The predicted octanol–water partition coefficient (Wildman–Crippen LogP) is 2.33. The highest BCUT2D eigenvalue weighted by molar-refractivity contribution is 7.82. The standard InChI is InChI=1S/C11H14FNOS/c1-9-3-2-8-13(9)15(14)11-6-4-10(12)5-7-11/h4-7,9H,2-3,8H2,1H3/t9-,15?/m1/s1. The summed E-state index contributed by atoms with van der Waals surface area (Å²) >= 11 is 0. The number of rotatable bonds is 2. The third-order valence-corrected chi connectivity index (χ3v) is 4.36. The van der Waals surface area contributed by atoms with Gasteiger partial charge in [0.1, 0.15) is 16.8 Å². The molecule has 1 aliphatic heterocycles. The van der Waals surface area contributed by atoms with Gasteiger partial charge in [-0.05, 0) is 44.0 Å². The third kappa shape index (κ3) is 2.26. The van der Waals surface area contributed by atoms with Crippen LogP contribution in [0, 0.1) is 5.82 Å². The molecule has 1 aromatic carbocycles. The molecule has 0 saturated carbocycles. The average Bonchev–Trinajstić information content (AvgIpc) is 2.65. The Balaban J connectivity index is 2.17. The predicted molar refractivity (Wildman–Crippen MR) is 58.2 cm³/mol. The van der Waals surface area contributed by atoms with Gasteiger partial charge >= 0.3 is 0 Å². The smallest absolute Gasteiger partial charge is 0.127 e. The molecule has 0 bridgehead atoms. The van der Waals surface area contributed by atoms with Crippen LogP contribution in [-0.4, -0.2) is 21.1 Å². The lowest BCUT2D eigenvalue weighted by Crippen LogP contribution is -2.28. The Morgan fingerprint density at radius 2 is 2.07 bits per heavy atom. The van der Waals surface area contributed by atoms with Crippen LogP contribution in [-0.2, 0) is 11.0 Å². The minimum absolute atomic E-state index is 0.287. The largest absolute Gasteiger partial charge is 0.237 e. The molecular weight excluding hydrogens is 213 g/mol. The first-order valence-electron chi connectivity index (χ1n) is 5.12. The second kappa shape index (κ2) is 4.41. The minimum Gasteiger partial charge on any atom is -0.237 e. The second-order valence-electron chi connectivity index (χ2n) is 3.84. The topological polar surface area (TPSA) is 20.3 Å². The molecule has 2 nitrogen and oxygen atoms in total. The first-order chi connectivity index (χ1) is 7.18. The molecule has 0 aliphatic carbocycles. The first-order valence-corrected chi connectivity index (χ1v) is 6.23. The maximum Gasteiger partial charge on any atom is 0.127 e. The lowest BCUT2D eigenvalue weighted by molar-refractivity contribution is 0.441. The molecule has 1 saturated heterocycles. The summed E-state index contributed by atoms with van der Waals surface area (Å²) in [6.07, 6.45) is 2.18. The number of hydrogen-bond donors (Lipinski definition) is 0. The van der Waals surface area contributed by atoms with Gasteiger partial charge in [0, 0.05) is 12.6 Å². The summed E-state index contributed by atoms with van der Waals surface area (Å²) in [5.74, 6) is -0.287. The van der Waals surface area contributed by atoms with Gasteiger partial charge in [-0.2, -0.15) is 0 Å². The fraction of sp³-hybridized carbons (Fsp3) is 0.455. The van der Waals surface area contributed by atoms with Crippen molar-refractivity contribution in [3.05, 3.63) is 30.1 Å². The zero-order valence-electron chi connectivity index (χ0n) is 8.65. The molecule has 0 radical (unpaired) electrons. The molecule has 1 heterocycles. The highest BCUT2D eigenvalue weighted by atomic mass is 32.2. The maximum atomic E-state index is 12.7. The summed E-state index contributed by atoms with van der Waals surface area (Å²) in [5.41, 5.74) is 0. The molecule has 0 N–H and O–H groups in total. The highest BCUT2D eigenvalue weighted by Crippen LogP contribution is 2.22. The van der Waals surface area contributed by atoms with Gasteiger partial charge < -0.3 is 0 Å². The molecule has 4 heteroatoms. The van der Waals surface area contributed by atoms with E-state index in [-0.39, 0.29) is 5.82 Å². The minimum atomic E-state index is -1.13. The van der Waals surface area contributed by atoms with E-state index in [2.05, 4.69) is 6.92 Å². The maximum absolute atomic E-state index is 12.7. The van der Waals surface area contributed by atoms with Gasteiger partial charge in [0.2, 0.25) is 0 Å². The Labute approximate surface area is 91.7 Å². The van der Waals surface area contributed by atoms with Crippen LogP contribution in [0.25, 0.3) is 0 Å². The number of benzene rings is 1. The molecule has 15 heavy (non-hydrogen) atoms. The zero-order valence-corrected chi connectivity index (χ0v) is 9.47. The highest BCUT2D eigenvalue weighted by Gasteiger charge is 2.25. The van der Waals surface area contributed by atoms with Crippen LogP contribution in [0.1, 0.15) is 19.8 Å². The van der Waals surface area contributed by atoms with E-state index >= 15 is 0 Å². The van der Waals surface area contributed by atoms with Crippen LogP contribution in [0.2, 0.25) is 0 Å². The van der Waals surface area contributed by atoms with E-state index in [0.29, 0.717) is 10.9 Å². The molecule has 1 fully saturated rings. The summed E-state index contributed by atoms with van der Waals surface area (Å²) in [4.78, 5) is 0.685. The van der Waals surface area contributed by atoms with E-state index < -0.39 is 11.0 Å². The van der Waals surface area contributed by atoms with Gasteiger partial charge in [0.05, 0.1) is 4.90 Å². The lowest BCUT2D eigenvalue weighted by Gasteiger charge is -2.19. The van der Waals surface area contributed by atoms with E-state index in [9.17, 15) is 8.60 Å². The van der Waals surface area contributed by atoms with Crippen molar-refractivity contribution in [1.29, 1.82) is 0 Å². The average molecular weight is 227 g/mol. The van der Waals surface area contributed by atoms with Crippen LogP contribution < -0.4 is 0 Å². The van der Waals surface area contributed by atoms with Crippen molar-refractivity contribution in [3.8, 4) is 0 Å². The molecule has 82 valence electrons. The van der Waals surface area contributed by atoms with Crippen molar-refractivity contribution in [2.75, 3.05) is 6.54 Å². The van der Waals surface area contributed by atoms with Crippen molar-refractivity contribution < 1.29 is 8.60 Å². The van der Waals surface area contributed by atoms with E-state index in [1.54, 1.807) is 12.1 Å². The van der Waals surface area contributed by atoms with E-state index in [1.807, 2.05) is 4.31 Å². The molecule has 0 aromatic heterocycles. The normalized spacial score (nSPS) is 24.3. The summed E-state index contributed by atoms with van der Waals surface area (Å²) in [6, 6.07) is 6.26. The van der Waals surface area contributed by atoms with Crippen molar-refractivity contribution in [1.82, 2.24) is 4.31 Å². The number of hydrogen-bond acceptors (Lipinski definition) is 1. The molecule has 1 unspecified atom stereocenters. The molecule has 1 aromatic rings. The SMILES string of the molecule is C[C@@H]1CCCN1S(=O)c1ccc(F)cc1. The summed E-state index contributed by atoms with van der Waals surface area (Å²) in [6.45, 7) is 2.94. The van der Waals surface area contributed by atoms with Gasteiger partial charge in [0.15, 0.2) is 0 Å². The van der Waals surface area contributed by atoms with Gasteiger partial charge in [-0.25, -0.2) is 12.9 Å². The Morgan fingerprint density at radius 1 is 1.40 bits per heavy atom. The Morgan fingerprint density at radius 3 is 2.60 bits per heavy atom. The van der Waals surface area contributed by atoms with Crippen molar-refractivity contribution in [2.45, 2.75) is 30.7 Å². The van der Waals surface area contributed by atoms with E-state index in [0.717, 1.165) is 19.4 Å². The molecule has 1 aliphatic rings. The van der Waals surface area contributed by atoms with E-state index in [1.165, 1.54) is 12.1 Å². The van der Waals surface area contributed by atoms with Crippen molar-refractivity contribution >= 4 is 11.0 Å². The van der Waals surface area contributed by atoms with Gasteiger partial charge in [-0.15, -0.1) is 0 Å². The fourth-order valence-corrected chi connectivity index (χ4v) is 3.21. The molecule has 2 rings (SSSR count). The Kier molecular flexibility index (Phi) is 3.17. The van der Waals surface area contributed by atoms with Gasteiger partial charge in [-0.1, -0.05) is 0 Å². The van der Waals surface area contributed by atoms with Crippen molar-refractivity contribution in [2.24, 2.45) is 0 Å². The number of nitrogens with zero attached hydrogens (tertiary/aromatic N) is 1. The van der Waals surface area contributed by atoms with Crippen LogP contribution in [0.5, 0.6) is 0 Å². The lowest BCUT2D eigenvalue weighted by atomic mass is 10.3. The third-order valence-electron chi connectivity index (χ3n) is 2.72. The van der Waals surface area contributed by atoms with Gasteiger partial charge in [-0.3, -0.25) is 0 Å². The van der Waals surface area contributed by atoms with Crippen molar-refractivity contribution in [3.63, 3.8) is 0 Å². The molecule has 0 amide bonds. The number of halogens is 1. The molecular formula is C11H14FNOS.